The number of nitrogens with one attached hydrogen (secondary N) is 1. The van der Waals surface area contributed by atoms with E-state index in [1.807, 2.05) is 32.0 Å². The van der Waals surface area contributed by atoms with Crippen molar-refractivity contribution in [3.8, 4) is 0 Å². The molecule has 1 rings (SSSR count). The Kier molecular flexibility index (Phi) is 5.97. The van der Waals surface area contributed by atoms with Gasteiger partial charge >= 0.3 is 12.1 Å². The Balaban J connectivity index is 3.07. The highest BCUT2D eigenvalue weighted by Gasteiger charge is 2.34. The van der Waals surface area contributed by atoms with E-state index in [1.54, 1.807) is 32.9 Å². The van der Waals surface area contributed by atoms with E-state index in [2.05, 4.69) is 5.32 Å². The van der Waals surface area contributed by atoms with Crippen LogP contribution in [0.1, 0.15) is 46.2 Å². The Morgan fingerprint density at radius 3 is 2.09 bits per heavy atom. The van der Waals surface area contributed by atoms with E-state index >= 15 is 0 Å². The summed E-state index contributed by atoms with van der Waals surface area (Å²) in [5.41, 5.74) is 0.108. The number of carbonyl (C=O) groups excluding carboxylic acids is 1. The first-order valence-electron chi connectivity index (χ1n) is 7.39. The predicted molar refractivity (Wildman–Crippen MR) is 84.5 cm³/mol. The number of benzene rings is 1. The summed E-state index contributed by atoms with van der Waals surface area (Å²) < 4.78 is 5.26. The van der Waals surface area contributed by atoms with Gasteiger partial charge in [-0.15, -0.1) is 0 Å². The molecule has 0 saturated carbocycles. The summed E-state index contributed by atoms with van der Waals surface area (Å²) in [5, 5.41) is 12.2. The van der Waals surface area contributed by atoms with E-state index in [1.165, 1.54) is 0 Å². The van der Waals surface area contributed by atoms with Crippen LogP contribution >= 0.6 is 0 Å². The lowest BCUT2D eigenvalue weighted by molar-refractivity contribution is -0.144. The van der Waals surface area contributed by atoms with Crippen molar-refractivity contribution in [3.63, 3.8) is 0 Å². The van der Waals surface area contributed by atoms with Gasteiger partial charge in [-0.3, -0.25) is 4.79 Å². The SMILES string of the molecule is CC(C)C(C(=O)O)C(NC(=O)OC(C)(C)C)c1ccccc1. The lowest BCUT2D eigenvalue weighted by atomic mass is 9.84. The van der Waals surface area contributed by atoms with Gasteiger partial charge in [-0.2, -0.15) is 0 Å². The highest BCUT2D eigenvalue weighted by atomic mass is 16.6. The van der Waals surface area contributed by atoms with Crippen LogP contribution in [0.25, 0.3) is 0 Å². The van der Waals surface area contributed by atoms with Crippen molar-refractivity contribution in [3.05, 3.63) is 35.9 Å². The summed E-state index contributed by atoms with van der Waals surface area (Å²) in [5.74, 6) is -1.83. The van der Waals surface area contributed by atoms with Crippen molar-refractivity contribution < 1.29 is 19.4 Å². The van der Waals surface area contributed by atoms with Crippen LogP contribution < -0.4 is 5.32 Å². The van der Waals surface area contributed by atoms with Gasteiger partial charge in [0, 0.05) is 0 Å². The molecule has 2 N–H and O–H groups in total. The fourth-order valence-electron chi connectivity index (χ4n) is 2.29. The number of alkyl carbamates (subject to hydrolysis) is 1. The number of ether oxygens (including phenoxy) is 1. The third-order valence-corrected chi connectivity index (χ3v) is 3.19. The van der Waals surface area contributed by atoms with Crippen molar-refractivity contribution in [1.29, 1.82) is 0 Å². The second-order valence-corrected chi connectivity index (χ2v) is 6.64. The van der Waals surface area contributed by atoms with Gasteiger partial charge < -0.3 is 15.2 Å². The summed E-state index contributed by atoms with van der Waals surface area (Å²) in [4.78, 5) is 23.7. The Hall–Kier alpha value is -2.04. The number of aliphatic carboxylic acids is 1. The number of amides is 1. The number of carbonyl (C=O) groups is 2. The first-order valence-corrected chi connectivity index (χ1v) is 7.39. The van der Waals surface area contributed by atoms with Crippen LogP contribution in [0.15, 0.2) is 30.3 Å². The Morgan fingerprint density at radius 2 is 1.68 bits per heavy atom. The second-order valence-electron chi connectivity index (χ2n) is 6.64. The maximum absolute atomic E-state index is 12.1. The first kappa shape index (κ1) is 18.0. The van der Waals surface area contributed by atoms with E-state index in [4.69, 9.17) is 4.74 Å². The van der Waals surface area contributed by atoms with E-state index < -0.39 is 29.6 Å². The molecule has 1 aromatic rings. The van der Waals surface area contributed by atoms with Gasteiger partial charge in [-0.25, -0.2) is 4.79 Å². The van der Waals surface area contributed by atoms with Crippen molar-refractivity contribution >= 4 is 12.1 Å². The molecular weight excluding hydrogens is 282 g/mol. The van der Waals surface area contributed by atoms with Gasteiger partial charge in [0.1, 0.15) is 5.60 Å². The minimum absolute atomic E-state index is 0.141. The fraction of sp³-hybridized carbons (Fsp3) is 0.529. The molecule has 0 radical (unpaired) electrons. The normalized spacial score (nSPS) is 14.3. The molecule has 1 aromatic carbocycles. The average molecular weight is 307 g/mol. The van der Waals surface area contributed by atoms with Gasteiger partial charge in [0.15, 0.2) is 0 Å². The molecule has 22 heavy (non-hydrogen) atoms. The maximum atomic E-state index is 12.1. The van der Waals surface area contributed by atoms with Gasteiger partial charge in [-0.1, -0.05) is 44.2 Å². The molecule has 0 fully saturated rings. The summed E-state index contributed by atoms with van der Waals surface area (Å²) in [6.07, 6.45) is -0.617. The first-order chi connectivity index (χ1) is 10.1. The maximum Gasteiger partial charge on any atom is 0.408 e. The number of hydrogen-bond donors (Lipinski definition) is 2. The molecule has 2 unspecified atom stereocenters. The molecule has 0 spiro atoms. The van der Waals surface area contributed by atoms with E-state index in [0.29, 0.717) is 0 Å². The minimum Gasteiger partial charge on any atom is -0.481 e. The number of hydrogen-bond acceptors (Lipinski definition) is 3. The molecule has 1 amide bonds. The summed E-state index contributed by atoms with van der Waals surface area (Å²) >= 11 is 0. The van der Waals surface area contributed by atoms with E-state index in [9.17, 15) is 14.7 Å². The van der Waals surface area contributed by atoms with Crippen molar-refractivity contribution in [1.82, 2.24) is 5.32 Å². The van der Waals surface area contributed by atoms with Gasteiger partial charge in [0.25, 0.3) is 0 Å². The van der Waals surface area contributed by atoms with Gasteiger partial charge in [-0.05, 0) is 32.3 Å². The highest BCUT2D eigenvalue weighted by molar-refractivity contribution is 5.74. The van der Waals surface area contributed by atoms with Crippen LogP contribution in [0.2, 0.25) is 0 Å². The zero-order valence-electron chi connectivity index (χ0n) is 13.8. The Morgan fingerprint density at radius 1 is 1.14 bits per heavy atom. The summed E-state index contributed by atoms with van der Waals surface area (Å²) in [7, 11) is 0. The smallest absolute Gasteiger partial charge is 0.408 e. The predicted octanol–water partition coefficient (Wildman–Crippen LogP) is 3.61. The lowest BCUT2D eigenvalue weighted by Gasteiger charge is -2.29. The largest absolute Gasteiger partial charge is 0.481 e. The second kappa shape index (κ2) is 7.29. The third-order valence-electron chi connectivity index (χ3n) is 3.19. The molecule has 0 aliphatic carbocycles. The third kappa shape index (κ3) is 5.39. The quantitative estimate of drug-likeness (QED) is 0.871. The monoisotopic (exact) mass is 307 g/mol. The molecule has 0 heterocycles. The molecule has 122 valence electrons. The molecule has 0 aliphatic heterocycles. The molecule has 5 heteroatoms. The molecule has 2 atom stereocenters. The average Bonchev–Trinajstić information content (AvgIpc) is 2.35. The van der Waals surface area contributed by atoms with Crippen LogP contribution in [-0.4, -0.2) is 22.8 Å². The topological polar surface area (TPSA) is 75.6 Å². The van der Waals surface area contributed by atoms with Crippen LogP contribution in [0.3, 0.4) is 0 Å². The van der Waals surface area contributed by atoms with Gasteiger partial charge in [0.2, 0.25) is 0 Å². The molecule has 0 aromatic heterocycles. The number of carboxylic acids is 1. The molecule has 5 nitrogen and oxygen atoms in total. The molecule has 0 aliphatic rings. The summed E-state index contributed by atoms with van der Waals surface area (Å²) in [6.45, 7) is 8.95. The minimum atomic E-state index is -0.945. The van der Waals surface area contributed by atoms with Gasteiger partial charge in [0.05, 0.1) is 12.0 Å². The van der Waals surface area contributed by atoms with Crippen molar-refractivity contribution in [2.75, 3.05) is 0 Å². The van der Waals surface area contributed by atoms with Crippen LogP contribution in [0.5, 0.6) is 0 Å². The highest BCUT2D eigenvalue weighted by Crippen LogP contribution is 2.29. The number of carboxylic acid groups (broad SMARTS) is 1. The van der Waals surface area contributed by atoms with Crippen molar-refractivity contribution in [2.24, 2.45) is 11.8 Å². The van der Waals surface area contributed by atoms with Crippen LogP contribution in [0.4, 0.5) is 4.79 Å². The molecule has 0 saturated heterocycles. The number of rotatable bonds is 5. The fourth-order valence-corrected chi connectivity index (χ4v) is 2.29. The standard InChI is InChI=1S/C17H25NO4/c1-11(2)13(15(19)20)14(12-9-7-6-8-10-12)18-16(21)22-17(3,4)5/h6-11,13-14H,1-5H3,(H,18,21)(H,19,20). The Labute approximate surface area is 131 Å². The molecular formula is C17H25NO4. The van der Waals surface area contributed by atoms with E-state index in [-0.39, 0.29) is 5.92 Å². The van der Waals surface area contributed by atoms with E-state index in [0.717, 1.165) is 5.56 Å². The van der Waals surface area contributed by atoms with Crippen LogP contribution in [-0.2, 0) is 9.53 Å². The summed E-state index contributed by atoms with van der Waals surface area (Å²) in [6, 6.07) is 8.45. The molecule has 0 bridgehead atoms. The zero-order chi connectivity index (χ0) is 16.9. The van der Waals surface area contributed by atoms with Crippen LogP contribution in [0, 0.1) is 11.8 Å². The lowest BCUT2D eigenvalue weighted by Crippen LogP contribution is -2.41. The Bertz CT molecular complexity index is 505. The van der Waals surface area contributed by atoms with Crippen molar-refractivity contribution in [2.45, 2.75) is 46.3 Å². The zero-order valence-corrected chi connectivity index (χ0v) is 13.8.